The molecule has 0 aromatic heterocycles. The highest BCUT2D eigenvalue weighted by Crippen LogP contribution is 2.05. The van der Waals surface area contributed by atoms with E-state index in [0.29, 0.717) is 0 Å². The first kappa shape index (κ1) is 40.7. The van der Waals surface area contributed by atoms with Gasteiger partial charge in [0.2, 0.25) is 0 Å². The Bertz CT molecular complexity index is 361. The predicted molar refractivity (Wildman–Crippen MR) is 146 cm³/mol. The van der Waals surface area contributed by atoms with E-state index in [1.807, 2.05) is 40.8 Å². The van der Waals surface area contributed by atoms with Crippen LogP contribution in [0.1, 0.15) is 27.7 Å². The lowest BCUT2D eigenvalue weighted by molar-refractivity contribution is 0.195. The summed E-state index contributed by atoms with van der Waals surface area (Å²) >= 11 is 0. The molecule has 0 unspecified atom stereocenters. The molecule has 0 amide bonds. The van der Waals surface area contributed by atoms with Crippen molar-refractivity contribution in [2.45, 2.75) is 73.5 Å². The zero-order valence-electron chi connectivity index (χ0n) is 24.2. The molecular formula is C20H56O9Si4. The minimum Gasteiger partial charge on any atom is -0.398 e. The fourth-order valence-corrected chi connectivity index (χ4v) is 5.31. The van der Waals surface area contributed by atoms with Crippen molar-refractivity contribution in [3.05, 3.63) is 0 Å². The summed E-state index contributed by atoms with van der Waals surface area (Å²) in [6.07, 6.45) is 0.0139. The summed E-state index contributed by atoms with van der Waals surface area (Å²) in [4.78, 5) is 0. The summed E-state index contributed by atoms with van der Waals surface area (Å²) in [6, 6.07) is 0. The lowest BCUT2D eigenvalue weighted by atomic mass is 10.9. The van der Waals surface area contributed by atoms with E-state index in [9.17, 15) is 0 Å². The minimum absolute atomic E-state index is 0.0139. The molecule has 0 radical (unpaired) electrons. The lowest BCUT2D eigenvalue weighted by Crippen LogP contribution is -2.40. The zero-order valence-corrected chi connectivity index (χ0v) is 28.2. The van der Waals surface area contributed by atoms with Crippen molar-refractivity contribution in [1.82, 2.24) is 0 Å². The van der Waals surface area contributed by atoms with E-state index in [0.717, 1.165) is 26.4 Å². The number of rotatable bonds is 13. The first-order valence-electron chi connectivity index (χ1n) is 11.4. The molecule has 206 valence electrons. The molecule has 1 N–H and O–H groups in total. The number of hydrogen-bond acceptors (Lipinski definition) is 9. The molecule has 0 aliphatic heterocycles. The van der Waals surface area contributed by atoms with Crippen molar-refractivity contribution in [2.75, 3.05) is 61.1 Å². The van der Waals surface area contributed by atoms with E-state index >= 15 is 0 Å². The second kappa shape index (κ2) is 22.9. The topological polar surface area (TPSA) is 94.1 Å². The van der Waals surface area contributed by atoms with Crippen LogP contribution in [-0.2, 0) is 35.4 Å². The van der Waals surface area contributed by atoms with E-state index in [1.54, 1.807) is 35.0 Å². The summed E-state index contributed by atoms with van der Waals surface area (Å²) in [5.74, 6) is 0. The van der Waals surface area contributed by atoms with E-state index in [2.05, 4.69) is 26.2 Å². The smallest absolute Gasteiger partial charge is 0.360 e. The Labute approximate surface area is 209 Å². The van der Waals surface area contributed by atoms with Gasteiger partial charge in [-0.2, -0.15) is 0 Å². The average Bonchev–Trinajstić information content (AvgIpc) is 2.74. The summed E-state index contributed by atoms with van der Waals surface area (Å²) in [6.45, 7) is 25.0. The van der Waals surface area contributed by atoms with Crippen molar-refractivity contribution in [3.8, 4) is 0 Å². The zero-order chi connectivity index (χ0) is 27.2. The Kier molecular flexibility index (Phi) is 28.3. The molecule has 0 atom stereocenters. The normalized spacial score (nSPS) is 12.0. The molecule has 33 heavy (non-hydrogen) atoms. The fourth-order valence-electron chi connectivity index (χ4n) is 1.77. The molecule has 0 bridgehead atoms. The van der Waals surface area contributed by atoms with Gasteiger partial charge in [0.1, 0.15) is 0 Å². The van der Waals surface area contributed by atoms with Crippen LogP contribution in [-0.4, -0.2) is 100 Å². The first-order chi connectivity index (χ1) is 15.0. The summed E-state index contributed by atoms with van der Waals surface area (Å²) in [5.41, 5.74) is 0. The van der Waals surface area contributed by atoms with Gasteiger partial charge in [-0.1, -0.05) is 0 Å². The third kappa shape index (κ3) is 30.5. The summed E-state index contributed by atoms with van der Waals surface area (Å²) in [5, 5.41) is 8.60. The van der Waals surface area contributed by atoms with Gasteiger partial charge < -0.3 is 40.5 Å². The molecule has 13 heteroatoms. The molecule has 0 aromatic carbocycles. The van der Waals surface area contributed by atoms with Gasteiger partial charge in [0.05, 0.1) is 6.23 Å². The molecular weight excluding hydrogens is 497 g/mol. The highest BCUT2D eigenvalue weighted by Gasteiger charge is 2.27. The summed E-state index contributed by atoms with van der Waals surface area (Å²) < 4.78 is 41.4. The second-order valence-corrected chi connectivity index (χ2v) is 21.8. The quantitative estimate of drug-likeness (QED) is 0.334. The standard InChI is InChI=1S/2C6H16O2Si.C4H12O3Si.C4H12O2Si/c2*1-5-7-9(3,4)8-6-2;1-6-8(3,4-5)7-2;1-5-7(3,4)6-2/h2*5-6H2,1-4H3;5H,4H2,1-3H3;1-4H3. The Balaban J connectivity index is -0.000000171. The monoisotopic (exact) mass is 552 g/mol. The Morgan fingerprint density at radius 3 is 0.758 bits per heavy atom. The first-order valence-corrected chi connectivity index (χ1v) is 22.4. The van der Waals surface area contributed by atoms with Gasteiger partial charge >= 0.3 is 34.2 Å². The lowest BCUT2D eigenvalue weighted by Gasteiger charge is -2.20. The van der Waals surface area contributed by atoms with Gasteiger partial charge in [0.25, 0.3) is 0 Å². The van der Waals surface area contributed by atoms with E-state index < -0.39 is 34.2 Å². The van der Waals surface area contributed by atoms with Crippen molar-refractivity contribution < 1.29 is 40.5 Å². The molecule has 0 aliphatic carbocycles. The Hall–Kier alpha value is 0.508. The molecule has 0 aromatic rings. The van der Waals surface area contributed by atoms with Crippen LogP contribution in [0.4, 0.5) is 0 Å². The maximum atomic E-state index is 8.60. The number of aliphatic hydroxyl groups excluding tert-OH is 1. The molecule has 0 fully saturated rings. The van der Waals surface area contributed by atoms with E-state index in [1.165, 1.54) is 0 Å². The van der Waals surface area contributed by atoms with Crippen LogP contribution in [0.15, 0.2) is 0 Å². The Morgan fingerprint density at radius 2 is 0.697 bits per heavy atom. The fraction of sp³-hybridized carbons (Fsp3) is 1.00. The van der Waals surface area contributed by atoms with Crippen LogP contribution in [0.5, 0.6) is 0 Å². The highest BCUT2D eigenvalue weighted by atomic mass is 28.4. The molecule has 0 aliphatic rings. The maximum Gasteiger partial charge on any atom is 0.360 e. The van der Waals surface area contributed by atoms with Gasteiger partial charge in [0, 0.05) is 54.9 Å². The van der Waals surface area contributed by atoms with E-state index in [4.69, 9.17) is 40.5 Å². The molecule has 9 nitrogen and oxygen atoms in total. The molecule has 0 spiro atoms. The average molecular weight is 553 g/mol. The van der Waals surface area contributed by atoms with Gasteiger partial charge in [0.15, 0.2) is 0 Å². The number of aliphatic hydroxyl groups is 1. The maximum absolute atomic E-state index is 8.60. The molecule has 0 saturated heterocycles. The van der Waals surface area contributed by atoms with Gasteiger partial charge in [-0.3, -0.25) is 0 Å². The SMILES string of the molecule is CCO[Si](C)(C)OCC.CCO[Si](C)(C)OCC.CO[Si](C)(C)OC.CO[Si](C)(CO)OC. The second-order valence-electron chi connectivity index (χ2n) is 8.04. The summed E-state index contributed by atoms with van der Waals surface area (Å²) in [7, 11) is -0.726. The third-order valence-electron chi connectivity index (χ3n) is 4.10. The molecule has 0 heterocycles. The van der Waals surface area contributed by atoms with Crippen LogP contribution < -0.4 is 0 Å². The third-order valence-corrected chi connectivity index (χ3v) is 12.3. The predicted octanol–water partition coefficient (Wildman–Crippen LogP) is 4.39. The largest absolute Gasteiger partial charge is 0.398 e. The highest BCUT2D eigenvalue weighted by molar-refractivity contribution is 6.66. The van der Waals surface area contributed by atoms with Crippen molar-refractivity contribution in [1.29, 1.82) is 0 Å². The van der Waals surface area contributed by atoms with Crippen molar-refractivity contribution in [2.24, 2.45) is 0 Å². The van der Waals surface area contributed by atoms with Crippen molar-refractivity contribution >= 4 is 34.2 Å². The minimum atomic E-state index is -2.12. The van der Waals surface area contributed by atoms with Gasteiger partial charge in [-0.05, 0) is 73.5 Å². The van der Waals surface area contributed by atoms with Crippen LogP contribution in [0.25, 0.3) is 0 Å². The van der Waals surface area contributed by atoms with Gasteiger partial charge in [-0.15, -0.1) is 0 Å². The van der Waals surface area contributed by atoms with Crippen molar-refractivity contribution in [3.63, 3.8) is 0 Å². The Morgan fingerprint density at radius 1 is 0.455 bits per heavy atom. The van der Waals surface area contributed by atoms with Gasteiger partial charge in [-0.25, -0.2) is 0 Å². The molecule has 0 rings (SSSR count). The van der Waals surface area contributed by atoms with Crippen LogP contribution in [0, 0.1) is 0 Å². The van der Waals surface area contributed by atoms with E-state index in [-0.39, 0.29) is 6.23 Å². The van der Waals surface area contributed by atoms with Crippen LogP contribution in [0.2, 0.25) is 45.8 Å². The van der Waals surface area contributed by atoms with Crippen LogP contribution >= 0.6 is 0 Å². The van der Waals surface area contributed by atoms with Crippen LogP contribution in [0.3, 0.4) is 0 Å². The molecule has 0 saturated carbocycles. The number of hydrogen-bond donors (Lipinski definition) is 1.